The van der Waals surface area contributed by atoms with Crippen molar-refractivity contribution < 1.29 is 13.9 Å². The Bertz CT molecular complexity index is 622. The third-order valence-corrected chi connectivity index (χ3v) is 4.85. The van der Waals surface area contributed by atoms with Gasteiger partial charge in [0.15, 0.2) is 11.5 Å². The predicted octanol–water partition coefficient (Wildman–Crippen LogP) is 4.86. The molecule has 0 amide bonds. The van der Waals surface area contributed by atoms with Crippen molar-refractivity contribution in [2.45, 2.75) is 18.2 Å². The molecule has 2 heterocycles. The van der Waals surface area contributed by atoms with E-state index >= 15 is 0 Å². The molecule has 1 aliphatic rings. The first-order valence-electron chi connectivity index (χ1n) is 6.50. The van der Waals surface area contributed by atoms with Crippen LogP contribution in [0.2, 0.25) is 0 Å². The molecule has 20 heavy (non-hydrogen) atoms. The monoisotopic (exact) mass is 400 g/mol. The summed E-state index contributed by atoms with van der Waals surface area (Å²) in [5.41, 5.74) is 1.06. The Morgan fingerprint density at radius 3 is 2.50 bits per heavy atom. The average molecular weight is 402 g/mol. The van der Waals surface area contributed by atoms with Crippen LogP contribution in [0.5, 0.6) is 11.5 Å². The highest BCUT2D eigenvalue weighted by atomic mass is 79.9. The molecule has 0 fully saturated rings. The molecule has 0 bridgehead atoms. The number of rotatable bonds is 3. The van der Waals surface area contributed by atoms with Crippen LogP contribution >= 0.6 is 31.9 Å². The molecule has 0 aliphatic carbocycles. The first-order valence-corrected chi connectivity index (χ1v) is 8.21. The lowest BCUT2D eigenvalue weighted by Crippen LogP contribution is -2.15. The highest BCUT2D eigenvalue weighted by Gasteiger charge is 2.22. The second-order valence-corrected chi connectivity index (χ2v) is 6.31. The molecule has 1 aromatic carbocycles. The van der Waals surface area contributed by atoms with Crippen molar-refractivity contribution >= 4 is 31.9 Å². The van der Waals surface area contributed by atoms with E-state index < -0.39 is 0 Å². The minimum Gasteiger partial charge on any atom is -0.486 e. The summed E-state index contributed by atoms with van der Waals surface area (Å²) < 4.78 is 18.0. The molecule has 0 saturated carbocycles. The van der Waals surface area contributed by atoms with E-state index in [1.165, 1.54) is 0 Å². The van der Waals surface area contributed by atoms with Crippen LogP contribution in [0.15, 0.2) is 33.2 Å². The molecule has 0 radical (unpaired) electrons. The van der Waals surface area contributed by atoms with Crippen LogP contribution in [-0.2, 0) is 6.42 Å². The molecule has 0 saturated heterocycles. The van der Waals surface area contributed by atoms with Crippen LogP contribution in [0.3, 0.4) is 0 Å². The van der Waals surface area contributed by atoms with Gasteiger partial charge in [-0.1, -0.05) is 38.8 Å². The Hall–Kier alpha value is -0.940. The molecule has 3 nitrogen and oxygen atoms in total. The number of hydrogen-bond acceptors (Lipinski definition) is 3. The molecule has 5 heteroatoms. The van der Waals surface area contributed by atoms with E-state index in [0.717, 1.165) is 39.5 Å². The highest BCUT2D eigenvalue weighted by Crippen LogP contribution is 2.42. The molecular formula is C15H14Br2O3. The van der Waals surface area contributed by atoms with Gasteiger partial charge in [0.2, 0.25) is 0 Å². The molecule has 1 atom stereocenters. The minimum absolute atomic E-state index is 0.0204. The van der Waals surface area contributed by atoms with Crippen molar-refractivity contribution in [1.82, 2.24) is 0 Å². The molecule has 0 N–H and O–H groups in total. The average Bonchev–Trinajstić information content (AvgIpc) is 2.94. The Morgan fingerprint density at radius 1 is 1.15 bits per heavy atom. The molecule has 2 aromatic rings. The number of hydrogen-bond donors (Lipinski definition) is 0. The van der Waals surface area contributed by atoms with Crippen molar-refractivity contribution in [2.24, 2.45) is 0 Å². The Morgan fingerprint density at radius 2 is 1.85 bits per heavy atom. The van der Waals surface area contributed by atoms with Crippen molar-refractivity contribution in [2.75, 3.05) is 13.2 Å². The van der Waals surface area contributed by atoms with Gasteiger partial charge in [-0.3, -0.25) is 0 Å². The summed E-state index contributed by atoms with van der Waals surface area (Å²) in [4.78, 5) is -0.0204. The second kappa shape index (κ2) is 5.82. The first kappa shape index (κ1) is 14.0. The van der Waals surface area contributed by atoms with Gasteiger partial charge >= 0.3 is 0 Å². The second-order valence-electron chi connectivity index (χ2n) is 4.54. The largest absolute Gasteiger partial charge is 0.486 e. The van der Waals surface area contributed by atoms with Gasteiger partial charge in [0, 0.05) is 10.9 Å². The van der Waals surface area contributed by atoms with Gasteiger partial charge in [-0.15, -0.1) is 0 Å². The van der Waals surface area contributed by atoms with Crippen molar-refractivity contribution in [3.8, 4) is 11.5 Å². The molecule has 106 valence electrons. The SMILES string of the molecule is CCc1ccc(C(Br)c2cc3c(cc2Br)OCCO3)o1. The van der Waals surface area contributed by atoms with Crippen LogP contribution in [0.4, 0.5) is 0 Å². The Kier molecular flexibility index (Phi) is 4.08. The van der Waals surface area contributed by atoms with Gasteiger partial charge in [0.05, 0.1) is 4.83 Å². The van der Waals surface area contributed by atoms with Gasteiger partial charge in [0.25, 0.3) is 0 Å². The number of ether oxygens (including phenoxy) is 2. The summed E-state index contributed by atoms with van der Waals surface area (Å²) >= 11 is 7.29. The van der Waals surface area contributed by atoms with Crippen LogP contribution < -0.4 is 9.47 Å². The molecule has 3 rings (SSSR count). The topological polar surface area (TPSA) is 31.6 Å². The third kappa shape index (κ3) is 2.61. The van der Waals surface area contributed by atoms with Crippen LogP contribution in [0, 0.1) is 0 Å². The molecular weight excluding hydrogens is 388 g/mol. The van der Waals surface area contributed by atoms with E-state index in [2.05, 4.69) is 38.8 Å². The summed E-state index contributed by atoms with van der Waals surface area (Å²) in [5.74, 6) is 3.43. The molecule has 1 unspecified atom stereocenters. The molecule has 0 spiro atoms. The quantitative estimate of drug-likeness (QED) is 0.688. The van der Waals surface area contributed by atoms with Crippen molar-refractivity contribution in [3.05, 3.63) is 45.8 Å². The minimum atomic E-state index is -0.0204. The van der Waals surface area contributed by atoms with Gasteiger partial charge < -0.3 is 13.9 Å². The summed E-state index contributed by atoms with van der Waals surface area (Å²) in [5, 5.41) is 0. The standard InChI is InChI=1S/C15H14Br2O3/c1-2-9-3-4-12(20-9)15(17)10-7-13-14(8-11(10)16)19-6-5-18-13/h3-4,7-8,15H,2,5-6H2,1H3. The first-order chi connectivity index (χ1) is 9.69. The van der Waals surface area contributed by atoms with E-state index in [-0.39, 0.29) is 4.83 Å². The maximum Gasteiger partial charge on any atom is 0.162 e. The van der Waals surface area contributed by atoms with E-state index in [4.69, 9.17) is 13.9 Å². The number of halogens is 2. The van der Waals surface area contributed by atoms with E-state index in [0.29, 0.717) is 13.2 Å². The number of aryl methyl sites for hydroxylation is 1. The Labute approximate surface area is 134 Å². The fourth-order valence-electron chi connectivity index (χ4n) is 2.15. The zero-order valence-electron chi connectivity index (χ0n) is 11.0. The number of furan rings is 1. The fraction of sp³-hybridized carbons (Fsp3) is 0.333. The van der Waals surface area contributed by atoms with E-state index in [9.17, 15) is 0 Å². The van der Waals surface area contributed by atoms with E-state index in [1.807, 2.05) is 24.3 Å². The van der Waals surface area contributed by atoms with Crippen LogP contribution in [0.1, 0.15) is 28.8 Å². The maximum atomic E-state index is 5.81. The van der Waals surface area contributed by atoms with Gasteiger partial charge in [-0.2, -0.15) is 0 Å². The summed E-state index contributed by atoms with van der Waals surface area (Å²) in [6, 6.07) is 7.95. The zero-order valence-corrected chi connectivity index (χ0v) is 14.2. The number of alkyl halides is 1. The predicted molar refractivity (Wildman–Crippen MR) is 84.0 cm³/mol. The highest BCUT2D eigenvalue weighted by molar-refractivity contribution is 9.11. The normalized spacial score (nSPS) is 15.2. The summed E-state index contributed by atoms with van der Waals surface area (Å²) in [7, 11) is 0. The lowest BCUT2D eigenvalue weighted by atomic mass is 10.1. The summed E-state index contributed by atoms with van der Waals surface area (Å²) in [6.45, 7) is 3.25. The van der Waals surface area contributed by atoms with Gasteiger partial charge in [-0.25, -0.2) is 0 Å². The summed E-state index contributed by atoms with van der Waals surface area (Å²) in [6.07, 6.45) is 0.891. The fourth-order valence-corrected chi connectivity index (χ4v) is 3.63. The number of fused-ring (bicyclic) bond motifs is 1. The maximum absolute atomic E-state index is 5.81. The lowest BCUT2D eigenvalue weighted by Gasteiger charge is -2.21. The lowest BCUT2D eigenvalue weighted by molar-refractivity contribution is 0.171. The van der Waals surface area contributed by atoms with Crippen LogP contribution in [-0.4, -0.2) is 13.2 Å². The molecule has 1 aliphatic heterocycles. The molecule has 1 aromatic heterocycles. The smallest absolute Gasteiger partial charge is 0.162 e. The van der Waals surface area contributed by atoms with Crippen molar-refractivity contribution in [3.63, 3.8) is 0 Å². The third-order valence-electron chi connectivity index (χ3n) is 3.22. The Balaban J connectivity index is 1.96. The number of benzene rings is 1. The zero-order chi connectivity index (χ0) is 14.1. The van der Waals surface area contributed by atoms with Gasteiger partial charge in [-0.05, 0) is 29.8 Å². The van der Waals surface area contributed by atoms with Crippen molar-refractivity contribution in [1.29, 1.82) is 0 Å². The van der Waals surface area contributed by atoms with Gasteiger partial charge in [0.1, 0.15) is 24.7 Å². The van der Waals surface area contributed by atoms with E-state index in [1.54, 1.807) is 0 Å². The van der Waals surface area contributed by atoms with Crippen LogP contribution in [0.25, 0.3) is 0 Å².